The Morgan fingerprint density at radius 1 is 1.24 bits per heavy atom. The Morgan fingerprint density at radius 3 is 2.67 bits per heavy atom. The molecule has 21 heavy (non-hydrogen) atoms. The van der Waals surface area contributed by atoms with Gasteiger partial charge in [0.1, 0.15) is 6.54 Å². The van der Waals surface area contributed by atoms with Gasteiger partial charge in [-0.05, 0) is 42.2 Å². The number of benzene rings is 1. The minimum Gasteiger partial charge on any atom is -0.480 e. The Hall–Kier alpha value is -1.84. The van der Waals surface area contributed by atoms with Crippen LogP contribution in [0, 0.1) is 5.92 Å². The van der Waals surface area contributed by atoms with Gasteiger partial charge < -0.3 is 10.0 Å². The lowest BCUT2D eigenvalue weighted by Gasteiger charge is -2.43. The summed E-state index contributed by atoms with van der Waals surface area (Å²) in [5.74, 6) is 0.213. The average molecular weight is 287 g/mol. The molecular weight excluding hydrogens is 266 g/mol. The highest BCUT2D eigenvalue weighted by Crippen LogP contribution is 2.49. The van der Waals surface area contributed by atoms with Crippen molar-refractivity contribution in [2.24, 2.45) is 5.92 Å². The number of hydrogen-bond acceptors (Lipinski definition) is 2. The van der Waals surface area contributed by atoms with Gasteiger partial charge in [-0.2, -0.15) is 0 Å². The van der Waals surface area contributed by atoms with Crippen molar-refractivity contribution in [1.82, 2.24) is 4.90 Å². The summed E-state index contributed by atoms with van der Waals surface area (Å²) in [7, 11) is 0. The SMILES string of the molecule is O=CN(CC(=O)O)C1CC2CCCCC2c2ccccc21. The molecule has 1 amide bonds. The Kier molecular flexibility index (Phi) is 3.95. The monoisotopic (exact) mass is 287 g/mol. The van der Waals surface area contributed by atoms with E-state index in [1.807, 2.05) is 6.07 Å². The number of carbonyl (C=O) groups is 2. The maximum atomic E-state index is 11.4. The fourth-order valence-corrected chi connectivity index (χ4v) is 4.16. The first-order chi connectivity index (χ1) is 10.2. The summed E-state index contributed by atoms with van der Waals surface area (Å²) in [6.07, 6.45) is 6.51. The van der Waals surface area contributed by atoms with E-state index in [1.54, 1.807) is 0 Å². The first-order valence-electron chi connectivity index (χ1n) is 7.72. The third kappa shape index (κ3) is 2.67. The summed E-state index contributed by atoms with van der Waals surface area (Å²) in [5, 5.41) is 9.03. The standard InChI is InChI=1S/C17H21NO3/c19-11-18(10-17(20)21)16-9-12-5-1-2-6-13(12)14-7-3-4-8-15(14)16/h3-4,7-8,11-13,16H,1-2,5-6,9-10H2,(H,20,21). The minimum absolute atomic E-state index is 0.0888. The number of carboxylic acids is 1. The lowest BCUT2D eigenvalue weighted by atomic mass is 9.66. The van der Waals surface area contributed by atoms with Crippen LogP contribution in [0.2, 0.25) is 0 Å². The van der Waals surface area contributed by atoms with Gasteiger partial charge in [-0.15, -0.1) is 0 Å². The fraction of sp³-hybridized carbons (Fsp3) is 0.529. The van der Waals surface area contributed by atoms with E-state index in [-0.39, 0.29) is 12.6 Å². The Labute approximate surface area is 124 Å². The number of carbonyl (C=O) groups excluding carboxylic acids is 1. The molecular formula is C17H21NO3. The largest absolute Gasteiger partial charge is 0.480 e. The summed E-state index contributed by atoms with van der Waals surface area (Å²) >= 11 is 0. The van der Waals surface area contributed by atoms with Crippen molar-refractivity contribution in [2.45, 2.75) is 44.1 Å². The number of amides is 1. The summed E-state index contributed by atoms with van der Waals surface area (Å²) in [5.41, 5.74) is 2.48. The maximum Gasteiger partial charge on any atom is 0.323 e. The molecule has 0 heterocycles. The number of rotatable bonds is 4. The topological polar surface area (TPSA) is 57.6 Å². The van der Waals surface area contributed by atoms with E-state index in [4.69, 9.17) is 5.11 Å². The van der Waals surface area contributed by atoms with Gasteiger partial charge >= 0.3 is 5.97 Å². The number of fused-ring (bicyclic) bond motifs is 3. The second-order valence-corrected chi connectivity index (χ2v) is 6.20. The molecule has 112 valence electrons. The van der Waals surface area contributed by atoms with Crippen molar-refractivity contribution < 1.29 is 14.7 Å². The maximum absolute atomic E-state index is 11.4. The molecule has 1 fully saturated rings. The van der Waals surface area contributed by atoms with Crippen LogP contribution in [0.15, 0.2) is 24.3 Å². The first kappa shape index (κ1) is 14.1. The fourth-order valence-electron chi connectivity index (χ4n) is 4.16. The second kappa shape index (κ2) is 5.88. The molecule has 0 aliphatic heterocycles. The summed E-state index contributed by atoms with van der Waals surface area (Å²) < 4.78 is 0. The van der Waals surface area contributed by atoms with Gasteiger partial charge in [0.05, 0.1) is 6.04 Å². The van der Waals surface area contributed by atoms with Gasteiger partial charge in [0, 0.05) is 0 Å². The van der Waals surface area contributed by atoms with Crippen LogP contribution >= 0.6 is 0 Å². The van der Waals surface area contributed by atoms with Gasteiger partial charge in [0.15, 0.2) is 0 Å². The molecule has 1 saturated carbocycles. The molecule has 0 radical (unpaired) electrons. The highest BCUT2D eigenvalue weighted by Gasteiger charge is 2.38. The molecule has 0 saturated heterocycles. The van der Waals surface area contributed by atoms with Crippen molar-refractivity contribution in [2.75, 3.05) is 6.54 Å². The van der Waals surface area contributed by atoms with E-state index in [0.717, 1.165) is 12.0 Å². The molecule has 2 aliphatic carbocycles. The number of aliphatic carboxylic acids is 1. The van der Waals surface area contributed by atoms with Crippen LogP contribution in [-0.4, -0.2) is 28.9 Å². The van der Waals surface area contributed by atoms with E-state index in [2.05, 4.69) is 18.2 Å². The van der Waals surface area contributed by atoms with Gasteiger partial charge in [-0.1, -0.05) is 37.1 Å². The zero-order valence-corrected chi connectivity index (χ0v) is 12.1. The van der Waals surface area contributed by atoms with Crippen molar-refractivity contribution in [1.29, 1.82) is 0 Å². The van der Waals surface area contributed by atoms with E-state index < -0.39 is 5.97 Å². The van der Waals surface area contributed by atoms with E-state index in [1.165, 1.54) is 36.1 Å². The van der Waals surface area contributed by atoms with Crippen LogP contribution in [0.1, 0.15) is 55.2 Å². The molecule has 1 aromatic carbocycles. The number of hydrogen-bond donors (Lipinski definition) is 1. The molecule has 0 spiro atoms. The van der Waals surface area contributed by atoms with Crippen molar-refractivity contribution in [3.63, 3.8) is 0 Å². The van der Waals surface area contributed by atoms with E-state index in [9.17, 15) is 9.59 Å². The van der Waals surface area contributed by atoms with Crippen LogP contribution in [0.25, 0.3) is 0 Å². The Bertz CT molecular complexity index is 543. The second-order valence-electron chi connectivity index (χ2n) is 6.20. The van der Waals surface area contributed by atoms with Crippen LogP contribution in [0.4, 0.5) is 0 Å². The Balaban J connectivity index is 1.97. The molecule has 1 N–H and O–H groups in total. The third-order valence-corrected chi connectivity index (χ3v) is 5.04. The minimum atomic E-state index is -0.953. The molecule has 4 nitrogen and oxygen atoms in total. The van der Waals surface area contributed by atoms with E-state index >= 15 is 0 Å². The average Bonchev–Trinajstić information content (AvgIpc) is 2.52. The van der Waals surface area contributed by atoms with Crippen LogP contribution < -0.4 is 0 Å². The number of nitrogens with zero attached hydrogens (tertiary/aromatic N) is 1. The normalized spacial score (nSPS) is 27.3. The van der Waals surface area contributed by atoms with Crippen molar-refractivity contribution in [3.8, 4) is 0 Å². The first-order valence-corrected chi connectivity index (χ1v) is 7.72. The molecule has 0 bridgehead atoms. The predicted molar refractivity (Wildman–Crippen MR) is 78.9 cm³/mol. The van der Waals surface area contributed by atoms with Gasteiger partial charge in [0.2, 0.25) is 6.41 Å². The highest BCUT2D eigenvalue weighted by atomic mass is 16.4. The molecule has 3 atom stereocenters. The van der Waals surface area contributed by atoms with Gasteiger partial charge in [-0.3, -0.25) is 9.59 Å². The van der Waals surface area contributed by atoms with Crippen molar-refractivity contribution >= 4 is 12.4 Å². The number of carboxylic acid groups (broad SMARTS) is 1. The van der Waals surface area contributed by atoms with Crippen LogP contribution in [0.5, 0.6) is 0 Å². The molecule has 3 rings (SSSR count). The quantitative estimate of drug-likeness (QED) is 0.866. The predicted octanol–water partition coefficient (Wildman–Crippen LogP) is 2.95. The lowest BCUT2D eigenvalue weighted by molar-refractivity contribution is -0.142. The van der Waals surface area contributed by atoms with Crippen LogP contribution in [-0.2, 0) is 9.59 Å². The third-order valence-electron chi connectivity index (χ3n) is 5.04. The Morgan fingerprint density at radius 2 is 1.95 bits per heavy atom. The van der Waals surface area contributed by atoms with Gasteiger partial charge in [-0.25, -0.2) is 0 Å². The molecule has 4 heteroatoms. The highest BCUT2D eigenvalue weighted by molar-refractivity contribution is 5.72. The summed E-state index contributed by atoms with van der Waals surface area (Å²) in [4.78, 5) is 23.8. The molecule has 2 aliphatic rings. The molecule has 3 unspecified atom stereocenters. The molecule has 1 aromatic rings. The van der Waals surface area contributed by atoms with Crippen LogP contribution in [0.3, 0.4) is 0 Å². The van der Waals surface area contributed by atoms with E-state index in [0.29, 0.717) is 18.2 Å². The summed E-state index contributed by atoms with van der Waals surface area (Å²) in [6.45, 7) is -0.222. The van der Waals surface area contributed by atoms with Crippen molar-refractivity contribution in [3.05, 3.63) is 35.4 Å². The zero-order chi connectivity index (χ0) is 14.8. The molecule has 0 aromatic heterocycles. The zero-order valence-electron chi connectivity index (χ0n) is 12.1. The van der Waals surface area contributed by atoms with Gasteiger partial charge in [0.25, 0.3) is 0 Å². The smallest absolute Gasteiger partial charge is 0.323 e. The summed E-state index contributed by atoms with van der Waals surface area (Å²) in [6, 6.07) is 8.17. The lowest BCUT2D eigenvalue weighted by Crippen LogP contribution is -2.38.